The predicted molar refractivity (Wildman–Crippen MR) is 72.4 cm³/mol. The maximum Gasteiger partial charge on any atom is 0.337 e. The van der Waals surface area contributed by atoms with E-state index in [-0.39, 0.29) is 5.69 Å². The van der Waals surface area contributed by atoms with Crippen LogP contribution < -0.4 is 5.32 Å². The van der Waals surface area contributed by atoms with Gasteiger partial charge in [0.1, 0.15) is 5.69 Å². The number of ether oxygens (including phenoxy) is 1. The van der Waals surface area contributed by atoms with Gasteiger partial charge in [-0.2, -0.15) is 0 Å². The van der Waals surface area contributed by atoms with Crippen LogP contribution in [0.1, 0.15) is 30.6 Å². The lowest BCUT2D eigenvalue weighted by Crippen LogP contribution is -2.09. The van der Waals surface area contributed by atoms with Gasteiger partial charge in [0, 0.05) is 12.6 Å². The maximum atomic E-state index is 11.4. The zero-order valence-corrected chi connectivity index (χ0v) is 11.3. The zero-order valence-electron chi connectivity index (χ0n) is 11.3. The molecule has 0 spiro atoms. The Morgan fingerprint density at radius 1 is 1.47 bits per heavy atom. The molecule has 0 aliphatic rings. The van der Waals surface area contributed by atoms with Gasteiger partial charge in [-0.15, -0.1) is 0 Å². The van der Waals surface area contributed by atoms with Crippen LogP contribution >= 0.6 is 0 Å². The third kappa shape index (κ3) is 4.24. The highest BCUT2D eigenvalue weighted by molar-refractivity contribution is 5.91. The van der Waals surface area contributed by atoms with Crippen molar-refractivity contribution < 1.29 is 14.5 Å². The molecule has 6 nitrogen and oxygen atoms in total. The van der Waals surface area contributed by atoms with E-state index in [2.05, 4.69) is 23.9 Å². The highest BCUT2D eigenvalue weighted by Crippen LogP contribution is 2.26. The molecule has 104 valence electrons. The van der Waals surface area contributed by atoms with Crippen LogP contribution in [0.4, 0.5) is 11.4 Å². The molecule has 0 atom stereocenters. The fourth-order valence-corrected chi connectivity index (χ4v) is 1.58. The minimum Gasteiger partial charge on any atom is -0.465 e. The first-order chi connectivity index (χ1) is 8.95. The number of methoxy groups -OCH3 is 1. The molecule has 0 saturated heterocycles. The highest BCUT2D eigenvalue weighted by Gasteiger charge is 2.16. The molecular formula is C13H18N2O4. The van der Waals surface area contributed by atoms with Crippen LogP contribution in [0, 0.1) is 16.0 Å². The van der Waals surface area contributed by atoms with Crippen LogP contribution in [0.3, 0.4) is 0 Å². The van der Waals surface area contributed by atoms with Gasteiger partial charge >= 0.3 is 5.97 Å². The lowest BCUT2D eigenvalue weighted by molar-refractivity contribution is -0.384. The van der Waals surface area contributed by atoms with Crippen molar-refractivity contribution in [2.45, 2.75) is 20.3 Å². The fraction of sp³-hybridized carbons (Fsp3) is 0.462. The first-order valence-electron chi connectivity index (χ1n) is 6.06. The molecule has 0 aliphatic carbocycles. The Labute approximate surface area is 111 Å². The topological polar surface area (TPSA) is 81.5 Å². The van der Waals surface area contributed by atoms with E-state index in [9.17, 15) is 14.9 Å². The number of nitrogens with zero attached hydrogens (tertiary/aromatic N) is 1. The second-order valence-electron chi connectivity index (χ2n) is 4.59. The SMILES string of the molecule is COC(=O)c1ccc([N+](=O)[O-])c(NCCC(C)C)c1. The van der Waals surface area contributed by atoms with E-state index in [1.165, 1.54) is 25.3 Å². The van der Waals surface area contributed by atoms with Crippen molar-refractivity contribution in [2.75, 3.05) is 19.0 Å². The molecule has 0 saturated carbocycles. The third-order valence-corrected chi connectivity index (χ3v) is 2.65. The molecule has 0 amide bonds. The quantitative estimate of drug-likeness (QED) is 0.486. The van der Waals surface area contributed by atoms with Crippen molar-refractivity contribution in [2.24, 2.45) is 5.92 Å². The molecule has 1 N–H and O–H groups in total. The summed E-state index contributed by atoms with van der Waals surface area (Å²) in [6.07, 6.45) is 0.888. The van der Waals surface area contributed by atoms with Gasteiger partial charge in [0.05, 0.1) is 17.6 Å². The van der Waals surface area contributed by atoms with Crippen LogP contribution in [-0.4, -0.2) is 24.5 Å². The first-order valence-corrected chi connectivity index (χ1v) is 6.06. The minimum absolute atomic E-state index is 0.0450. The summed E-state index contributed by atoms with van der Waals surface area (Å²) >= 11 is 0. The molecule has 0 unspecified atom stereocenters. The number of rotatable bonds is 6. The van der Waals surface area contributed by atoms with Crippen molar-refractivity contribution >= 4 is 17.3 Å². The van der Waals surface area contributed by atoms with E-state index in [1.807, 2.05) is 0 Å². The second-order valence-corrected chi connectivity index (χ2v) is 4.59. The van der Waals surface area contributed by atoms with E-state index < -0.39 is 10.9 Å². The zero-order chi connectivity index (χ0) is 14.4. The normalized spacial score (nSPS) is 10.3. The average Bonchev–Trinajstić information content (AvgIpc) is 2.37. The molecule has 0 radical (unpaired) electrons. The summed E-state index contributed by atoms with van der Waals surface area (Å²) < 4.78 is 4.60. The number of nitro groups is 1. The Hall–Kier alpha value is -2.11. The van der Waals surface area contributed by atoms with Crippen molar-refractivity contribution in [3.05, 3.63) is 33.9 Å². The number of benzene rings is 1. The molecule has 1 aromatic carbocycles. The maximum absolute atomic E-state index is 11.4. The molecule has 19 heavy (non-hydrogen) atoms. The Balaban J connectivity index is 2.95. The molecule has 6 heteroatoms. The van der Waals surface area contributed by atoms with Crippen LogP contribution in [0.2, 0.25) is 0 Å². The number of carbonyl (C=O) groups excluding carboxylic acids is 1. The lowest BCUT2D eigenvalue weighted by atomic mass is 10.1. The Kier molecular flexibility index (Phi) is 5.29. The molecule has 1 aromatic rings. The first kappa shape index (κ1) is 14.9. The number of esters is 1. The van der Waals surface area contributed by atoms with Crippen LogP contribution in [-0.2, 0) is 4.74 Å². The summed E-state index contributed by atoms with van der Waals surface area (Å²) in [5.41, 5.74) is 0.588. The van der Waals surface area contributed by atoms with Crippen LogP contribution in [0.25, 0.3) is 0 Å². The number of nitrogens with one attached hydrogen (secondary N) is 1. The van der Waals surface area contributed by atoms with Gasteiger partial charge in [-0.1, -0.05) is 13.8 Å². The molecule has 0 bridgehead atoms. The number of carbonyl (C=O) groups is 1. The van der Waals surface area contributed by atoms with Gasteiger partial charge in [0.25, 0.3) is 5.69 Å². The molecule has 0 aliphatic heterocycles. The molecule has 1 rings (SSSR count). The molecular weight excluding hydrogens is 248 g/mol. The van der Waals surface area contributed by atoms with Crippen molar-refractivity contribution in [3.8, 4) is 0 Å². The smallest absolute Gasteiger partial charge is 0.337 e. The minimum atomic E-state index is -0.512. The van der Waals surface area contributed by atoms with Gasteiger partial charge in [0.15, 0.2) is 0 Å². The fourth-order valence-electron chi connectivity index (χ4n) is 1.58. The largest absolute Gasteiger partial charge is 0.465 e. The summed E-state index contributed by atoms with van der Waals surface area (Å²) in [6.45, 7) is 4.76. The van der Waals surface area contributed by atoms with E-state index in [1.54, 1.807) is 0 Å². The highest BCUT2D eigenvalue weighted by atomic mass is 16.6. The molecule has 0 fully saturated rings. The van der Waals surface area contributed by atoms with Gasteiger partial charge in [-0.25, -0.2) is 4.79 Å². The summed E-state index contributed by atoms with van der Waals surface area (Å²) in [4.78, 5) is 21.9. The number of hydrogen-bond acceptors (Lipinski definition) is 5. The van der Waals surface area contributed by atoms with Gasteiger partial charge < -0.3 is 10.1 Å². The predicted octanol–water partition coefficient (Wildman–Crippen LogP) is 2.84. The Bertz CT molecular complexity index is 472. The lowest BCUT2D eigenvalue weighted by Gasteiger charge is -2.10. The van der Waals surface area contributed by atoms with Crippen LogP contribution in [0.15, 0.2) is 18.2 Å². The van der Waals surface area contributed by atoms with E-state index in [0.29, 0.717) is 23.7 Å². The second kappa shape index (κ2) is 6.72. The third-order valence-electron chi connectivity index (χ3n) is 2.65. The Morgan fingerprint density at radius 2 is 2.16 bits per heavy atom. The van der Waals surface area contributed by atoms with E-state index in [0.717, 1.165) is 6.42 Å². The average molecular weight is 266 g/mol. The Morgan fingerprint density at radius 3 is 2.68 bits per heavy atom. The van der Waals surface area contributed by atoms with Crippen LogP contribution in [0.5, 0.6) is 0 Å². The van der Waals surface area contributed by atoms with E-state index in [4.69, 9.17) is 0 Å². The summed E-state index contributed by atoms with van der Waals surface area (Å²) in [6, 6.07) is 4.14. The van der Waals surface area contributed by atoms with Gasteiger partial charge in [0.2, 0.25) is 0 Å². The monoisotopic (exact) mass is 266 g/mol. The molecule has 0 heterocycles. The summed E-state index contributed by atoms with van der Waals surface area (Å²) in [5.74, 6) is -0.0165. The summed E-state index contributed by atoms with van der Waals surface area (Å²) in [5, 5.41) is 13.9. The van der Waals surface area contributed by atoms with E-state index >= 15 is 0 Å². The standard InChI is InChI=1S/C13H18N2O4/c1-9(2)6-7-14-11-8-10(13(16)19-3)4-5-12(11)15(17)18/h4-5,8-9,14H,6-7H2,1-3H3. The van der Waals surface area contributed by atoms with Crippen molar-refractivity contribution in [1.82, 2.24) is 0 Å². The number of anilines is 1. The number of hydrogen-bond donors (Lipinski definition) is 1. The molecule has 0 aromatic heterocycles. The summed E-state index contributed by atoms with van der Waals surface area (Å²) in [7, 11) is 1.27. The number of nitro benzene ring substituents is 1. The van der Waals surface area contributed by atoms with Crippen molar-refractivity contribution in [1.29, 1.82) is 0 Å². The van der Waals surface area contributed by atoms with Crippen molar-refractivity contribution in [3.63, 3.8) is 0 Å². The van der Waals surface area contributed by atoms with Gasteiger partial charge in [-0.3, -0.25) is 10.1 Å². The van der Waals surface area contributed by atoms with Gasteiger partial charge in [-0.05, 0) is 24.5 Å².